The van der Waals surface area contributed by atoms with Crippen LogP contribution in [0, 0.1) is 0 Å². The molecule has 2 aromatic rings. The molecule has 0 atom stereocenters. The minimum absolute atomic E-state index is 0.123. The lowest BCUT2D eigenvalue weighted by molar-refractivity contribution is 0.306. The highest BCUT2D eigenvalue weighted by Gasteiger charge is 2.00. The average molecular weight is 320 g/mol. The molecule has 0 radical (unpaired) electrons. The van der Waals surface area contributed by atoms with Crippen molar-refractivity contribution in [1.29, 1.82) is 0 Å². The Hall–Kier alpha value is -2.11. The van der Waals surface area contributed by atoms with Gasteiger partial charge in [0, 0.05) is 10.6 Å². The summed E-state index contributed by atoms with van der Waals surface area (Å²) in [5.74, 6) is 0.731. The van der Waals surface area contributed by atoms with Crippen LogP contribution in [0.4, 0.5) is 0 Å². The molecule has 4 nitrogen and oxygen atoms in total. The van der Waals surface area contributed by atoms with Crippen LogP contribution in [0.3, 0.4) is 0 Å². The lowest BCUT2D eigenvalue weighted by Crippen LogP contribution is -2.23. The Morgan fingerprint density at radius 3 is 2.86 bits per heavy atom. The summed E-state index contributed by atoms with van der Waals surface area (Å²) in [5, 5.41) is 4.71. The second-order valence-corrected chi connectivity index (χ2v) is 5.03. The van der Waals surface area contributed by atoms with Crippen LogP contribution in [0.15, 0.2) is 53.6 Å². The Morgan fingerprint density at radius 1 is 1.29 bits per heavy atom. The Balaban J connectivity index is 1.99. The normalized spacial score (nSPS) is 10.5. The van der Waals surface area contributed by atoms with Crippen LogP contribution in [0.2, 0.25) is 5.02 Å². The topological polar surface area (TPSA) is 59.6 Å². The number of nitrogens with two attached hydrogens (primary N) is 1. The first-order valence-corrected chi connectivity index (χ1v) is 6.98. The molecule has 0 aliphatic heterocycles. The number of ether oxygens (including phenoxy) is 1. The molecule has 108 valence electrons. The summed E-state index contributed by atoms with van der Waals surface area (Å²) in [6, 6.07) is 15.1. The smallest absolute Gasteiger partial charge is 0.184 e. The number of hydrogen-bond donors (Lipinski definition) is 2. The van der Waals surface area contributed by atoms with Gasteiger partial charge in [-0.15, -0.1) is 0 Å². The quantitative estimate of drug-likeness (QED) is 0.505. The number of rotatable bonds is 5. The predicted octanol–water partition coefficient (Wildman–Crippen LogP) is 3.09. The zero-order valence-corrected chi connectivity index (χ0v) is 12.7. The number of halogens is 1. The van der Waals surface area contributed by atoms with E-state index in [-0.39, 0.29) is 5.11 Å². The minimum atomic E-state index is 0.123. The van der Waals surface area contributed by atoms with E-state index in [0.717, 1.165) is 16.9 Å². The SMILES string of the molecule is NC(=S)N/N=C\c1cccc(OCc2ccccc2Cl)c1. The molecule has 0 aliphatic rings. The fourth-order valence-electron chi connectivity index (χ4n) is 1.63. The van der Waals surface area contributed by atoms with Gasteiger partial charge >= 0.3 is 0 Å². The van der Waals surface area contributed by atoms with Gasteiger partial charge in [0.05, 0.1) is 6.21 Å². The molecule has 21 heavy (non-hydrogen) atoms. The molecule has 0 spiro atoms. The van der Waals surface area contributed by atoms with E-state index in [9.17, 15) is 0 Å². The largest absolute Gasteiger partial charge is 0.489 e. The molecular weight excluding hydrogens is 306 g/mol. The fourth-order valence-corrected chi connectivity index (χ4v) is 1.87. The van der Waals surface area contributed by atoms with Gasteiger partial charge in [-0.25, -0.2) is 0 Å². The van der Waals surface area contributed by atoms with Gasteiger partial charge in [0.25, 0.3) is 0 Å². The maximum atomic E-state index is 6.09. The minimum Gasteiger partial charge on any atom is -0.489 e. The molecule has 0 fully saturated rings. The van der Waals surface area contributed by atoms with Crippen LogP contribution in [0.25, 0.3) is 0 Å². The second kappa shape index (κ2) is 7.61. The van der Waals surface area contributed by atoms with Gasteiger partial charge in [-0.3, -0.25) is 5.43 Å². The zero-order chi connectivity index (χ0) is 15.1. The summed E-state index contributed by atoms with van der Waals surface area (Å²) in [4.78, 5) is 0. The number of nitrogens with zero attached hydrogens (tertiary/aromatic N) is 1. The molecule has 0 bridgehead atoms. The number of hydrogen-bond acceptors (Lipinski definition) is 3. The van der Waals surface area contributed by atoms with E-state index >= 15 is 0 Å². The highest BCUT2D eigenvalue weighted by atomic mass is 35.5. The van der Waals surface area contributed by atoms with Crippen LogP contribution in [0.5, 0.6) is 5.75 Å². The lowest BCUT2D eigenvalue weighted by atomic mass is 10.2. The van der Waals surface area contributed by atoms with Crippen molar-refractivity contribution < 1.29 is 4.74 Å². The molecule has 0 saturated carbocycles. The molecule has 6 heteroatoms. The van der Waals surface area contributed by atoms with E-state index in [4.69, 9.17) is 22.1 Å². The van der Waals surface area contributed by atoms with E-state index in [1.165, 1.54) is 0 Å². The Morgan fingerprint density at radius 2 is 2.10 bits per heavy atom. The number of nitrogens with one attached hydrogen (secondary N) is 1. The number of thiocarbonyl (C=S) groups is 1. The highest BCUT2D eigenvalue weighted by Crippen LogP contribution is 2.19. The predicted molar refractivity (Wildman–Crippen MR) is 89.7 cm³/mol. The van der Waals surface area contributed by atoms with Crippen molar-refractivity contribution in [3.63, 3.8) is 0 Å². The van der Waals surface area contributed by atoms with Gasteiger partial charge in [-0.1, -0.05) is 41.9 Å². The van der Waals surface area contributed by atoms with Crippen LogP contribution in [-0.2, 0) is 6.61 Å². The van der Waals surface area contributed by atoms with Crippen molar-refractivity contribution in [1.82, 2.24) is 5.43 Å². The first-order valence-electron chi connectivity index (χ1n) is 6.20. The maximum Gasteiger partial charge on any atom is 0.184 e. The molecule has 3 N–H and O–H groups in total. The maximum absolute atomic E-state index is 6.09. The van der Waals surface area contributed by atoms with E-state index in [1.54, 1.807) is 6.21 Å². The average Bonchev–Trinajstić information content (AvgIpc) is 2.46. The molecule has 0 amide bonds. The monoisotopic (exact) mass is 319 g/mol. The van der Waals surface area contributed by atoms with Gasteiger partial charge < -0.3 is 10.5 Å². The summed E-state index contributed by atoms with van der Waals surface area (Å²) in [5.41, 5.74) is 9.59. The molecule has 0 aliphatic carbocycles. The van der Waals surface area contributed by atoms with Crippen LogP contribution in [-0.4, -0.2) is 11.3 Å². The Kier molecular flexibility index (Phi) is 5.54. The van der Waals surface area contributed by atoms with Crippen molar-refractivity contribution in [2.45, 2.75) is 6.61 Å². The Bertz CT molecular complexity index is 661. The van der Waals surface area contributed by atoms with E-state index in [1.807, 2.05) is 48.5 Å². The summed E-state index contributed by atoms with van der Waals surface area (Å²) in [7, 11) is 0. The third kappa shape index (κ3) is 5.06. The molecule has 2 aromatic carbocycles. The molecule has 0 saturated heterocycles. The van der Waals surface area contributed by atoms with E-state index < -0.39 is 0 Å². The molecular formula is C15H14ClN3OS. The highest BCUT2D eigenvalue weighted by molar-refractivity contribution is 7.80. The van der Waals surface area contributed by atoms with Crippen LogP contribution >= 0.6 is 23.8 Å². The van der Waals surface area contributed by atoms with Crippen molar-refractivity contribution in [2.24, 2.45) is 10.8 Å². The van der Waals surface area contributed by atoms with Crippen molar-refractivity contribution in [3.8, 4) is 5.75 Å². The second-order valence-electron chi connectivity index (χ2n) is 4.19. The van der Waals surface area contributed by atoms with E-state index in [2.05, 4.69) is 22.7 Å². The first kappa shape index (κ1) is 15.3. The number of hydrazone groups is 1. The first-order chi connectivity index (χ1) is 10.1. The van der Waals surface area contributed by atoms with E-state index in [0.29, 0.717) is 11.6 Å². The van der Waals surface area contributed by atoms with Gasteiger partial charge in [-0.2, -0.15) is 5.10 Å². The van der Waals surface area contributed by atoms with Gasteiger partial charge in [0.1, 0.15) is 12.4 Å². The molecule has 0 aromatic heterocycles. The third-order valence-electron chi connectivity index (χ3n) is 2.60. The van der Waals surface area contributed by atoms with Crippen LogP contribution < -0.4 is 15.9 Å². The van der Waals surface area contributed by atoms with Crippen molar-refractivity contribution in [2.75, 3.05) is 0 Å². The Labute approximate surface area is 133 Å². The molecule has 0 unspecified atom stereocenters. The van der Waals surface area contributed by atoms with Gasteiger partial charge in [0.15, 0.2) is 5.11 Å². The van der Waals surface area contributed by atoms with Crippen molar-refractivity contribution in [3.05, 3.63) is 64.7 Å². The summed E-state index contributed by atoms with van der Waals surface area (Å²) in [6.07, 6.45) is 1.61. The standard InChI is InChI=1S/C15H14ClN3OS/c16-14-7-2-1-5-12(14)10-20-13-6-3-4-11(8-13)9-18-19-15(17)21/h1-9H,10H2,(H3,17,19,21)/b18-9-. The van der Waals surface area contributed by atoms with Crippen LogP contribution in [0.1, 0.15) is 11.1 Å². The third-order valence-corrected chi connectivity index (χ3v) is 3.06. The fraction of sp³-hybridized carbons (Fsp3) is 0.0667. The lowest BCUT2D eigenvalue weighted by Gasteiger charge is -2.08. The zero-order valence-electron chi connectivity index (χ0n) is 11.1. The van der Waals surface area contributed by atoms with Gasteiger partial charge in [-0.05, 0) is 36.0 Å². The molecule has 0 heterocycles. The molecule has 2 rings (SSSR count). The van der Waals surface area contributed by atoms with Gasteiger partial charge in [0.2, 0.25) is 0 Å². The summed E-state index contributed by atoms with van der Waals surface area (Å²) < 4.78 is 5.72. The van der Waals surface area contributed by atoms with Crippen molar-refractivity contribution >= 4 is 35.1 Å². The summed E-state index contributed by atoms with van der Waals surface area (Å²) in [6.45, 7) is 0.408. The summed E-state index contributed by atoms with van der Waals surface area (Å²) >= 11 is 10.7. The number of benzene rings is 2.